The van der Waals surface area contributed by atoms with Crippen LogP contribution in [0, 0.1) is 0 Å². The van der Waals surface area contributed by atoms with Crippen molar-refractivity contribution in [2.75, 3.05) is 0 Å². The number of hydrogen-bond acceptors (Lipinski definition) is 2. The van der Waals surface area contributed by atoms with Crippen LogP contribution in [0.5, 0.6) is 0 Å². The molecule has 0 fully saturated rings. The number of Topliss-reactive ketones (excluding diaryl/α,β-unsaturated/α-hetero) is 1. The first-order chi connectivity index (χ1) is 5.68. The molecule has 0 radical (unpaired) electrons. The Bertz CT molecular complexity index is 272. The molecule has 0 unspecified atom stereocenters. The van der Waals surface area contributed by atoms with Crippen LogP contribution in [-0.4, -0.2) is 5.78 Å². The third-order valence-corrected chi connectivity index (χ3v) is 2.21. The highest BCUT2D eigenvalue weighted by Crippen LogP contribution is 2.09. The van der Waals surface area contributed by atoms with Gasteiger partial charge in [-0.2, -0.15) is 11.3 Å². The fraction of sp³-hybridized carbons (Fsp3) is 0.300. The molecule has 0 saturated heterocycles. The largest absolute Gasteiger partial charge is 0.299 e. The first-order valence-corrected chi connectivity index (χ1v) is 4.80. The Labute approximate surface area is 76.7 Å². The first-order valence-electron chi connectivity index (χ1n) is 3.85. The van der Waals surface area contributed by atoms with E-state index in [1.807, 2.05) is 23.8 Å². The quantitative estimate of drug-likeness (QED) is 0.651. The summed E-state index contributed by atoms with van der Waals surface area (Å²) >= 11 is 1.63. The van der Waals surface area contributed by atoms with Crippen molar-refractivity contribution in [3.8, 4) is 0 Å². The van der Waals surface area contributed by atoms with E-state index in [9.17, 15) is 4.79 Å². The number of carbonyl (C=O) groups is 1. The van der Waals surface area contributed by atoms with Crippen LogP contribution in [-0.2, 0) is 11.2 Å². The molecule has 0 aliphatic heterocycles. The van der Waals surface area contributed by atoms with Gasteiger partial charge in [0.2, 0.25) is 0 Å². The topological polar surface area (TPSA) is 17.1 Å². The first kappa shape index (κ1) is 9.20. The van der Waals surface area contributed by atoms with Crippen molar-refractivity contribution in [3.05, 3.63) is 34.5 Å². The molecule has 1 aromatic heterocycles. The molecule has 0 aromatic carbocycles. The van der Waals surface area contributed by atoms with Crippen molar-refractivity contribution in [3.63, 3.8) is 0 Å². The monoisotopic (exact) mass is 180 g/mol. The predicted octanol–water partition coefficient (Wildman–Crippen LogP) is 2.83. The average Bonchev–Trinajstić information content (AvgIpc) is 2.37. The Morgan fingerprint density at radius 1 is 1.67 bits per heavy atom. The summed E-state index contributed by atoms with van der Waals surface area (Å²) in [6.45, 7) is 5.59. The van der Waals surface area contributed by atoms with Crippen LogP contribution in [0.1, 0.15) is 18.9 Å². The molecule has 0 aliphatic carbocycles. The number of carbonyl (C=O) groups excluding carboxylic acids is 1. The van der Waals surface area contributed by atoms with Crippen LogP contribution in [0.3, 0.4) is 0 Å². The van der Waals surface area contributed by atoms with Crippen LogP contribution in [0.4, 0.5) is 0 Å². The van der Waals surface area contributed by atoms with Gasteiger partial charge in [-0.1, -0.05) is 12.2 Å². The molecule has 0 aliphatic rings. The summed E-state index contributed by atoms with van der Waals surface area (Å²) in [5.41, 5.74) is 2.06. The van der Waals surface area contributed by atoms with Crippen molar-refractivity contribution >= 4 is 17.1 Å². The maximum Gasteiger partial charge on any atom is 0.141 e. The van der Waals surface area contributed by atoms with Gasteiger partial charge in [0.1, 0.15) is 5.78 Å². The van der Waals surface area contributed by atoms with Gasteiger partial charge in [0.15, 0.2) is 0 Å². The lowest BCUT2D eigenvalue weighted by molar-refractivity contribution is -0.117. The molecular formula is C10H12OS. The van der Waals surface area contributed by atoms with E-state index in [0.717, 1.165) is 11.1 Å². The lowest BCUT2D eigenvalue weighted by atomic mass is 10.1. The van der Waals surface area contributed by atoms with E-state index in [1.54, 1.807) is 11.3 Å². The summed E-state index contributed by atoms with van der Waals surface area (Å²) in [7, 11) is 0. The molecule has 1 aromatic rings. The van der Waals surface area contributed by atoms with Crippen molar-refractivity contribution in [1.29, 1.82) is 0 Å². The summed E-state index contributed by atoms with van der Waals surface area (Å²) in [5, 5.41) is 4.00. The van der Waals surface area contributed by atoms with Gasteiger partial charge in [0.05, 0.1) is 0 Å². The molecule has 1 nitrogen and oxygen atoms in total. The Morgan fingerprint density at radius 2 is 2.42 bits per heavy atom. The number of thiophene rings is 1. The predicted molar refractivity (Wildman–Crippen MR) is 52.5 cm³/mol. The molecule has 1 heterocycles. The highest BCUT2D eigenvalue weighted by molar-refractivity contribution is 7.07. The van der Waals surface area contributed by atoms with Crippen LogP contribution in [0.2, 0.25) is 0 Å². The van der Waals surface area contributed by atoms with E-state index in [1.165, 1.54) is 0 Å². The molecule has 0 spiro atoms. The maximum absolute atomic E-state index is 11.3. The minimum atomic E-state index is 0.251. The van der Waals surface area contributed by atoms with Crippen molar-refractivity contribution in [2.24, 2.45) is 0 Å². The second kappa shape index (κ2) is 4.21. The fourth-order valence-electron chi connectivity index (χ4n) is 1.02. The molecule has 0 bridgehead atoms. The fourth-order valence-corrected chi connectivity index (χ4v) is 1.69. The second-order valence-electron chi connectivity index (χ2n) is 2.98. The minimum absolute atomic E-state index is 0.251. The third kappa shape index (κ3) is 3.01. The summed E-state index contributed by atoms with van der Waals surface area (Å²) in [4.78, 5) is 11.3. The second-order valence-corrected chi connectivity index (χ2v) is 3.76. The van der Waals surface area contributed by atoms with E-state index in [-0.39, 0.29) is 5.78 Å². The van der Waals surface area contributed by atoms with Gasteiger partial charge in [-0.05, 0) is 29.3 Å². The van der Waals surface area contributed by atoms with Crippen molar-refractivity contribution in [2.45, 2.75) is 19.8 Å². The van der Waals surface area contributed by atoms with Crippen LogP contribution < -0.4 is 0 Å². The number of ketones is 1. The highest BCUT2D eigenvalue weighted by atomic mass is 32.1. The lowest BCUT2D eigenvalue weighted by Gasteiger charge is -1.96. The summed E-state index contributed by atoms with van der Waals surface area (Å²) in [6, 6.07) is 1.99. The molecular weight excluding hydrogens is 168 g/mol. The van der Waals surface area contributed by atoms with Crippen LogP contribution >= 0.6 is 11.3 Å². The van der Waals surface area contributed by atoms with Gasteiger partial charge >= 0.3 is 0 Å². The Balaban J connectivity index is 2.42. The zero-order valence-corrected chi connectivity index (χ0v) is 7.99. The molecule has 0 N–H and O–H groups in total. The average molecular weight is 180 g/mol. The molecule has 0 saturated carbocycles. The van der Waals surface area contributed by atoms with Gasteiger partial charge < -0.3 is 0 Å². The minimum Gasteiger partial charge on any atom is -0.299 e. The van der Waals surface area contributed by atoms with E-state index in [0.29, 0.717) is 12.8 Å². The number of hydrogen-bond donors (Lipinski definition) is 0. The van der Waals surface area contributed by atoms with Crippen molar-refractivity contribution in [1.82, 2.24) is 0 Å². The standard InChI is InChI=1S/C10H12OS/c1-8(2)5-10(11)6-9-3-4-12-7-9/h3-4,7H,1,5-6H2,2H3. The van der Waals surface area contributed by atoms with Gasteiger partial charge in [0.25, 0.3) is 0 Å². The van der Waals surface area contributed by atoms with Crippen LogP contribution in [0.25, 0.3) is 0 Å². The smallest absolute Gasteiger partial charge is 0.141 e. The third-order valence-electron chi connectivity index (χ3n) is 1.48. The summed E-state index contributed by atoms with van der Waals surface area (Å²) < 4.78 is 0. The van der Waals surface area contributed by atoms with E-state index in [4.69, 9.17) is 0 Å². The molecule has 2 heteroatoms. The normalized spacial score (nSPS) is 9.75. The summed E-state index contributed by atoms with van der Waals surface area (Å²) in [6.07, 6.45) is 1.06. The van der Waals surface area contributed by atoms with Gasteiger partial charge in [-0.3, -0.25) is 4.79 Å². The molecule has 0 atom stereocenters. The van der Waals surface area contributed by atoms with Gasteiger partial charge in [-0.15, -0.1) is 0 Å². The molecule has 0 amide bonds. The Kier molecular flexibility index (Phi) is 3.23. The van der Waals surface area contributed by atoms with Gasteiger partial charge in [0, 0.05) is 12.8 Å². The SMILES string of the molecule is C=C(C)CC(=O)Cc1ccsc1. The highest BCUT2D eigenvalue weighted by Gasteiger charge is 2.03. The molecule has 64 valence electrons. The Hall–Kier alpha value is -0.890. The van der Waals surface area contributed by atoms with Gasteiger partial charge in [-0.25, -0.2) is 0 Å². The zero-order valence-electron chi connectivity index (χ0n) is 7.17. The van der Waals surface area contributed by atoms with Crippen molar-refractivity contribution < 1.29 is 4.79 Å². The lowest BCUT2D eigenvalue weighted by Crippen LogP contribution is -2.01. The van der Waals surface area contributed by atoms with E-state index in [2.05, 4.69) is 6.58 Å². The number of rotatable bonds is 4. The Morgan fingerprint density at radius 3 is 2.92 bits per heavy atom. The number of allylic oxidation sites excluding steroid dienone is 1. The zero-order chi connectivity index (χ0) is 8.97. The van der Waals surface area contributed by atoms with Crippen LogP contribution in [0.15, 0.2) is 29.0 Å². The molecule has 12 heavy (non-hydrogen) atoms. The maximum atomic E-state index is 11.3. The van der Waals surface area contributed by atoms with E-state index < -0.39 is 0 Å². The molecule has 1 rings (SSSR count). The van der Waals surface area contributed by atoms with E-state index >= 15 is 0 Å². The summed E-state index contributed by atoms with van der Waals surface area (Å²) in [5.74, 6) is 0.251.